The summed E-state index contributed by atoms with van der Waals surface area (Å²) in [5.41, 5.74) is 0.540. The van der Waals surface area contributed by atoms with Crippen LogP contribution in [0.3, 0.4) is 0 Å². The first kappa shape index (κ1) is 18.2. The van der Waals surface area contributed by atoms with Gasteiger partial charge in [-0.25, -0.2) is 0 Å². The highest BCUT2D eigenvalue weighted by Gasteiger charge is 2.35. The molecule has 2 amide bonds. The molecule has 28 heavy (non-hydrogen) atoms. The van der Waals surface area contributed by atoms with Crippen molar-refractivity contribution in [3.05, 3.63) is 46.2 Å². The third-order valence-corrected chi connectivity index (χ3v) is 5.26. The summed E-state index contributed by atoms with van der Waals surface area (Å²) in [7, 11) is 0. The van der Waals surface area contributed by atoms with E-state index in [-0.39, 0.29) is 41.6 Å². The van der Waals surface area contributed by atoms with E-state index in [9.17, 15) is 14.4 Å². The second-order valence-corrected chi connectivity index (χ2v) is 7.32. The monoisotopic (exact) mass is 381 g/mol. The molecule has 1 aromatic heterocycles. The van der Waals surface area contributed by atoms with Crippen LogP contribution in [0.1, 0.15) is 50.0 Å². The van der Waals surface area contributed by atoms with E-state index in [1.54, 1.807) is 0 Å². The molecule has 1 fully saturated rings. The number of carbonyl (C=O) groups is 2. The topological polar surface area (TPSA) is 116 Å². The lowest BCUT2D eigenvalue weighted by atomic mass is 9.90. The molecular formula is C20H23N5O3. The fourth-order valence-electron chi connectivity index (χ4n) is 3.86. The van der Waals surface area contributed by atoms with Crippen LogP contribution in [0.5, 0.6) is 0 Å². The Labute approximate surface area is 162 Å². The first-order valence-corrected chi connectivity index (χ1v) is 9.66. The summed E-state index contributed by atoms with van der Waals surface area (Å²) in [6, 6.07) is 9.36. The van der Waals surface area contributed by atoms with Crippen molar-refractivity contribution >= 4 is 29.3 Å². The van der Waals surface area contributed by atoms with Gasteiger partial charge < -0.3 is 16.0 Å². The number of aromatic nitrogens is 2. The first-order chi connectivity index (χ1) is 13.6. The van der Waals surface area contributed by atoms with Crippen molar-refractivity contribution < 1.29 is 9.59 Å². The van der Waals surface area contributed by atoms with Gasteiger partial charge in [0.2, 0.25) is 17.8 Å². The van der Waals surface area contributed by atoms with Crippen LogP contribution in [-0.4, -0.2) is 27.8 Å². The summed E-state index contributed by atoms with van der Waals surface area (Å²) in [6.45, 7) is 0. The molecular weight excluding hydrogens is 358 g/mol. The number of benzene rings is 1. The summed E-state index contributed by atoms with van der Waals surface area (Å²) in [6.07, 6.45) is 5.17. The predicted octanol–water partition coefficient (Wildman–Crippen LogP) is 2.39. The van der Waals surface area contributed by atoms with Gasteiger partial charge in [-0.05, 0) is 25.0 Å². The lowest BCUT2D eigenvalue weighted by Crippen LogP contribution is -2.43. The molecule has 146 valence electrons. The predicted molar refractivity (Wildman–Crippen MR) is 106 cm³/mol. The minimum Gasteiger partial charge on any atom is -0.353 e. The second-order valence-electron chi connectivity index (χ2n) is 7.32. The zero-order valence-corrected chi connectivity index (χ0v) is 15.5. The molecule has 0 radical (unpaired) electrons. The molecule has 0 unspecified atom stereocenters. The molecule has 1 atom stereocenters. The molecule has 8 nitrogen and oxygen atoms in total. The van der Waals surface area contributed by atoms with E-state index < -0.39 is 11.5 Å². The Morgan fingerprint density at radius 3 is 2.57 bits per heavy atom. The molecule has 1 aromatic carbocycles. The van der Waals surface area contributed by atoms with Gasteiger partial charge in [-0.1, -0.05) is 37.5 Å². The van der Waals surface area contributed by atoms with Gasteiger partial charge in [-0.15, -0.1) is 0 Å². The maximum Gasteiger partial charge on any atom is 0.258 e. The lowest BCUT2D eigenvalue weighted by molar-refractivity contribution is -0.127. The quantitative estimate of drug-likeness (QED) is 0.649. The van der Waals surface area contributed by atoms with E-state index in [0.717, 1.165) is 31.4 Å². The first-order valence-electron chi connectivity index (χ1n) is 9.66. The van der Waals surface area contributed by atoms with Crippen LogP contribution in [0.4, 0.5) is 17.5 Å². The fourth-order valence-corrected chi connectivity index (χ4v) is 3.86. The number of nitrogens with zero attached hydrogens (tertiary/aromatic N) is 1. The molecule has 8 heteroatoms. The second kappa shape index (κ2) is 7.84. The Balaban J connectivity index is 1.59. The van der Waals surface area contributed by atoms with Gasteiger partial charge >= 0.3 is 0 Å². The summed E-state index contributed by atoms with van der Waals surface area (Å²) in [4.78, 5) is 44.7. The van der Waals surface area contributed by atoms with Gasteiger partial charge in [0.1, 0.15) is 5.82 Å². The summed E-state index contributed by atoms with van der Waals surface area (Å²) >= 11 is 0. The Kier molecular flexibility index (Phi) is 5.10. The normalized spacial score (nSPS) is 19.4. The van der Waals surface area contributed by atoms with E-state index >= 15 is 0 Å². The summed E-state index contributed by atoms with van der Waals surface area (Å²) in [5, 5.41) is 8.64. The highest BCUT2D eigenvalue weighted by Crippen LogP contribution is 2.30. The molecule has 2 aromatic rings. The van der Waals surface area contributed by atoms with Crippen molar-refractivity contribution in [1.82, 2.24) is 15.3 Å². The maximum atomic E-state index is 12.8. The molecule has 2 aliphatic rings. The highest BCUT2D eigenvalue weighted by atomic mass is 16.2. The largest absolute Gasteiger partial charge is 0.353 e. The number of para-hydroxylation sites is 1. The van der Waals surface area contributed by atoms with Crippen molar-refractivity contribution in [2.24, 2.45) is 0 Å². The molecule has 4 rings (SSSR count). The van der Waals surface area contributed by atoms with Gasteiger partial charge in [0.15, 0.2) is 0 Å². The fraction of sp³-hybridized carbons (Fsp3) is 0.400. The number of anilines is 3. The highest BCUT2D eigenvalue weighted by molar-refractivity contribution is 6.00. The van der Waals surface area contributed by atoms with Crippen molar-refractivity contribution in [3.63, 3.8) is 0 Å². The van der Waals surface area contributed by atoms with Gasteiger partial charge in [-0.2, -0.15) is 4.98 Å². The maximum absolute atomic E-state index is 12.8. The van der Waals surface area contributed by atoms with Crippen molar-refractivity contribution in [3.8, 4) is 0 Å². The van der Waals surface area contributed by atoms with E-state index in [2.05, 4.69) is 25.9 Å². The van der Waals surface area contributed by atoms with Crippen LogP contribution in [0.2, 0.25) is 0 Å². The molecule has 1 aliphatic carbocycles. The number of hydrogen-bond donors (Lipinski definition) is 4. The van der Waals surface area contributed by atoms with E-state index in [4.69, 9.17) is 0 Å². The molecule has 0 bridgehead atoms. The van der Waals surface area contributed by atoms with Crippen LogP contribution in [0.25, 0.3) is 0 Å². The third-order valence-electron chi connectivity index (χ3n) is 5.26. The molecule has 1 aliphatic heterocycles. The zero-order valence-electron chi connectivity index (χ0n) is 15.5. The SMILES string of the molecule is O=C1C[C@H](C(=O)NC2CCCCC2)c2c(nc(Nc3ccccc3)[nH]c2=O)N1. The van der Waals surface area contributed by atoms with Crippen LogP contribution in [0, 0.1) is 0 Å². The van der Waals surface area contributed by atoms with Gasteiger partial charge in [0.05, 0.1) is 11.5 Å². The minimum absolute atomic E-state index is 0.0538. The molecule has 0 spiro atoms. The number of aromatic amines is 1. The summed E-state index contributed by atoms with van der Waals surface area (Å²) in [5.74, 6) is -1.07. The number of nitrogens with one attached hydrogen (secondary N) is 4. The minimum atomic E-state index is -0.826. The Bertz CT molecular complexity index is 935. The van der Waals surface area contributed by atoms with Gasteiger partial charge in [0.25, 0.3) is 5.56 Å². The number of H-pyrrole nitrogens is 1. The number of hydrogen-bond acceptors (Lipinski definition) is 5. The summed E-state index contributed by atoms with van der Waals surface area (Å²) < 4.78 is 0. The lowest BCUT2D eigenvalue weighted by Gasteiger charge is -2.27. The Hall–Kier alpha value is -3.16. The van der Waals surface area contributed by atoms with E-state index in [1.807, 2.05) is 30.3 Å². The van der Waals surface area contributed by atoms with Gasteiger partial charge in [-0.3, -0.25) is 19.4 Å². The van der Waals surface area contributed by atoms with Crippen LogP contribution in [-0.2, 0) is 9.59 Å². The standard InChI is InChI=1S/C20H23N5O3/c26-15-11-14(18(27)21-12-7-3-1-4-8-12)16-17(23-15)24-20(25-19(16)28)22-13-9-5-2-6-10-13/h2,5-6,9-10,12,14H,1,3-4,7-8,11H2,(H,21,27)(H3,22,23,24,25,26,28)/t14-/m0/s1. The smallest absolute Gasteiger partial charge is 0.258 e. The number of fused-ring (bicyclic) bond motifs is 1. The van der Waals surface area contributed by atoms with E-state index in [1.165, 1.54) is 6.42 Å². The molecule has 4 N–H and O–H groups in total. The molecule has 0 saturated heterocycles. The van der Waals surface area contributed by atoms with E-state index in [0.29, 0.717) is 0 Å². The molecule has 1 saturated carbocycles. The third kappa shape index (κ3) is 3.90. The van der Waals surface area contributed by atoms with Crippen LogP contribution >= 0.6 is 0 Å². The average molecular weight is 381 g/mol. The number of amides is 2. The van der Waals surface area contributed by atoms with Crippen molar-refractivity contribution in [2.45, 2.75) is 50.5 Å². The van der Waals surface area contributed by atoms with Crippen LogP contribution < -0.4 is 21.5 Å². The van der Waals surface area contributed by atoms with Gasteiger partial charge in [0, 0.05) is 18.2 Å². The molecule has 2 heterocycles. The van der Waals surface area contributed by atoms with Crippen molar-refractivity contribution in [2.75, 3.05) is 10.6 Å². The number of rotatable bonds is 4. The average Bonchev–Trinajstić information content (AvgIpc) is 2.68. The number of carbonyl (C=O) groups excluding carboxylic acids is 2. The van der Waals surface area contributed by atoms with Crippen LogP contribution in [0.15, 0.2) is 35.1 Å². The van der Waals surface area contributed by atoms with Crippen molar-refractivity contribution in [1.29, 1.82) is 0 Å². The Morgan fingerprint density at radius 2 is 1.82 bits per heavy atom. The Morgan fingerprint density at radius 1 is 1.07 bits per heavy atom. The zero-order chi connectivity index (χ0) is 19.5.